The van der Waals surface area contributed by atoms with Crippen LogP contribution in [0.2, 0.25) is 0 Å². The summed E-state index contributed by atoms with van der Waals surface area (Å²) in [7, 11) is 0. The van der Waals surface area contributed by atoms with Crippen LogP contribution in [0.25, 0.3) is 10.4 Å². The fourth-order valence-electron chi connectivity index (χ4n) is 5.85. The van der Waals surface area contributed by atoms with Crippen LogP contribution in [0, 0.1) is 446 Å². The Morgan fingerprint density at radius 2 is 0.951 bits per heavy atom. The molecule has 20 atom stereocenters. The van der Waals surface area contributed by atoms with Crippen LogP contribution in [0.4, 0.5) is 0 Å². The molecule has 0 aliphatic carbocycles. The number of nitrogens with one attached hydrogen (secondary N) is 1. The summed E-state index contributed by atoms with van der Waals surface area (Å²) in [6.45, 7) is 0.814. The molecule has 61 heavy (non-hydrogen) atoms. The van der Waals surface area contributed by atoms with Gasteiger partial charge < -0.3 is 89.0 Å². The Morgan fingerprint density at radius 1 is 0.557 bits per heavy atom. The van der Waals surface area contributed by atoms with Crippen molar-refractivity contribution in [2.45, 2.75) is 140 Å². The first kappa shape index (κ1) is 88.2. The van der Waals surface area contributed by atoms with Crippen molar-refractivity contribution in [1.82, 2.24) is 0 Å². The van der Waals surface area contributed by atoms with E-state index in [9.17, 15) is 56.6 Å². The van der Waals surface area contributed by atoms with Crippen molar-refractivity contribution in [2.24, 2.45) is 5.11 Å². The van der Waals surface area contributed by atoms with Crippen LogP contribution in [-0.4, -0.2) is 197 Å². The molecular formula is C26H41Ac10Cl3N4O18. The van der Waals surface area contributed by atoms with E-state index < -0.39 is 146 Å². The van der Waals surface area contributed by atoms with E-state index in [-0.39, 0.29) is 441 Å². The molecule has 4 saturated heterocycles. The van der Waals surface area contributed by atoms with Gasteiger partial charge in [0, 0.05) is 446 Å². The van der Waals surface area contributed by atoms with Gasteiger partial charge in [0.15, 0.2) is 18.9 Å². The first-order valence-corrected chi connectivity index (χ1v) is 16.6. The van der Waals surface area contributed by atoms with Crippen LogP contribution in [0.5, 0.6) is 0 Å². The average molecular weight is 3070 g/mol. The summed E-state index contributed by atoms with van der Waals surface area (Å²) in [5.74, 6) is -1.04. The minimum absolute atomic E-state index is 0. The molecule has 0 bridgehead atoms. The second kappa shape index (κ2) is 43.2. The van der Waals surface area contributed by atoms with Gasteiger partial charge in [0.2, 0.25) is 12.2 Å². The van der Waals surface area contributed by atoms with Gasteiger partial charge in [-0.25, -0.2) is 0 Å². The van der Waals surface area contributed by atoms with Crippen LogP contribution in [0.15, 0.2) is 5.11 Å². The van der Waals surface area contributed by atoms with Crippen LogP contribution < -0.4 is 0 Å². The van der Waals surface area contributed by atoms with E-state index >= 15 is 0 Å². The van der Waals surface area contributed by atoms with E-state index in [2.05, 4.69) is 10.0 Å². The quantitative estimate of drug-likeness (QED) is 0.0248. The fraction of sp³-hybridized carbons (Fsp3) is 0.962. The zero-order chi connectivity index (χ0) is 38.1. The molecule has 4 heterocycles. The van der Waals surface area contributed by atoms with Crippen molar-refractivity contribution in [1.29, 1.82) is 5.41 Å². The number of alkyl halides is 3. The zero-order valence-electron chi connectivity index (χ0n) is 32.4. The standard InChI is InChI=1S/C26H41Cl3N4O18.10Ac/c1-5-10(36)13(39)16(42)22(44-5)49-19-9(32-33-31)21(51-25(30)26(27,28)29)47-8(4-35)18(19)48-24-20(15(41)12(38)7(3-34)46-24)50-23-17(43)14(40)11(37)6(2)45-23;;;;;;;;;;/h5-24,30,34-43H,3-4H2,1-2H3;;;;;;;;;;/t5?,6?,7?,8?,9?,10-,11+,12+,13-,14?,15+,16?,17+,18+,19-,20?,21?,22-,23?,24+;;;;;;;;;;/m1........../s1. The van der Waals surface area contributed by atoms with Crippen molar-refractivity contribution >= 4 is 40.7 Å². The Kier molecular flexibility index (Phi) is 62.4. The first-order valence-electron chi connectivity index (χ1n) is 15.5. The van der Waals surface area contributed by atoms with Gasteiger partial charge in [0.05, 0.1) is 25.4 Å². The van der Waals surface area contributed by atoms with E-state index in [1.807, 2.05) is 0 Å². The Balaban J connectivity index is -0.000000583. The number of azide groups is 1. The summed E-state index contributed by atoms with van der Waals surface area (Å²) in [6.07, 6.45) is -32.8. The summed E-state index contributed by atoms with van der Waals surface area (Å²) in [5, 5.41) is 116. The molecule has 22 nitrogen and oxygen atoms in total. The van der Waals surface area contributed by atoms with E-state index in [0.29, 0.717) is 0 Å². The molecular weight excluding hydrogens is 3030 g/mol. The topological polar surface area (TPSA) is 349 Å². The molecule has 10 unspecified atom stereocenters. The minimum atomic E-state index is -2.47. The van der Waals surface area contributed by atoms with Gasteiger partial charge in [0.1, 0.15) is 85.4 Å². The van der Waals surface area contributed by atoms with E-state index in [4.69, 9.17) is 78.1 Å². The van der Waals surface area contributed by atoms with Crippen LogP contribution in [0.1, 0.15) is 13.8 Å². The van der Waals surface area contributed by atoms with Crippen LogP contribution >= 0.6 is 34.8 Å². The third-order valence-corrected chi connectivity index (χ3v) is 9.30. The molecule has 0 saturated carbocycles. The van der Waals surface area contributed by atoms with Gasteiger partial charge in [-0.3, -0.25) is 5.41 Å². The SMILES string of the molecule is CC1OC(OC2[C@H](O[C@H]3C(CO)OC(OC(=N)C(Cl)(Cl)Cl)C(N=[N+]=[N-])[C@H]3O[C@H]3OC(C)[C@@H](O)[C@@H](O)C3O)OC(CO)[C@H](O)[C@@H]2O)[C@@H](O)C(O)[C@H]1O.[Ac].[Ac].[Ac].[Ac].[Ac].[Ac].[Ac].[Ac].[Ac].[Ac]. The summed E-state index contributed by atoms with van der Waals surface area (Å²) in [4.78, 5) is 2.74. The largest absolute Gasteiger partial charge is 0.448 e. The van der Waals surface area contributed by atoms with Gasteiger partial charge in [-0.15, -0.1) is 0 Å². The Bertz CT molecular complexity index is 1260. The minimum Gasteiger partial charge on any atom is -0.448 e. The van der Waals surface area contributed by atoms with Crippen LogP contribution in [0.3, 0.4) is 0 Å². The van der Waals surface area contributed by atoms with Gasteiger partial charge >= 0.3 is 0 Å². The predicted octanol–water partition coefficient (Wildman–Crippen LogP) is -4.00. The third kappa shape index (κ3) is 25.0. The maximum atomic E-state index is 11.1. The van der Waals surface area contributed by atoms with Gasteiger partial charge in [-0.2, -0.15) is 0 Å². The normalized spacial score (nSPS) is 40.2. The summed E-state index contributed by atoms with van der Waals surface area (Å²) < 4.78 is 43.1. The second-order valence-corrected chi connectivity index (χ2v) is 14.5. The van der Waals surface area contributed by atoms with E-state index in [1.54, 1.807) is 0 Å². The second-order valence-electron chi connectivity index (χ2n) is 12.2. The Labute approximate surface area is 724 Å². The first-order chi connectivity index (χ1) is 23.9. The van der Waals surface area contributed by atoms with Crippen molar-refractivity contribution < 1.29 is 530 Å². The predicted molar refractivity (Wildman–Crippen MR) is 165 cm³/mol. The maximum absolute atomic E-state index is 11.1. The molecule has 4 rings (SSSR count). The monoisotopic (exact) mass is 3070 g/mol. The zero-order valence-corrected chi connectivity index (χ0v) is 82.2. The third-order valence-electron chi connectivity index (χ3n) is 8.79. The molecule has 0 aromatic carbocycles. The molecule has 0 aromatic rings. The van der Waals surface area contributed by atoms with Gasteiger partial charge in [-0.05, 0) is 19.4 Å². The molecule has 11 N–H and O–H groups in total. The smallest absolute Gasteiger partial charge is 0.265 e. The number of hydrogen-bond donors (Lipinski definition) is 11. The van der Waals surface area contributed by atoms with Gasteiger partial charge in [-0.1, -0.05) is 39.9 Å². The van der Waals surface area contributed by atoms with Crippen molar-refractivity contribution in [3.8, 4) is 0 Å². The number of rotatable bonds is 10. The van der Waals surface area contributed by atoms with Gasteiger partial charge in [0.25, 0.3) is 3.79 Å². The number of hydrogen-bond acceptors (Lipinski definition) is 20. The summed E-state index contributed by atoms with van der Waals surface area (Å²) in [5.41, 5.74) is 9.50. The number of ether oxygens (including phenoxy) is 8. The van der Waals surface area contributed by atoms with E-state index in [1.165, 1.54) is 13.8 Å². The molecule has 35 heteroatoms. The van der Waals surface area contributed by atoms with Crippen molar-refractivity contribution in [3.05, 3.63) is 10.4 Å². The number of halogens is 3. The van der Waals surface area contributed by atoms with E-state index in [0.717, 1.165) is 0 Å². The average Bonchev–Trinajstić information content (AvgIpc) is 3.08. The van der Waals surface area contributed by atoms with Crippen molar-refractivity contribution in [3.63, 3.8) is 0 Å². The van der Waals surface area contributed by atoms with Crippen LogP contribution in [-0.2, 0) is 37.9 Å². The fourth-order valence-corrected chi connectivity index (χ4v) is 5.98. The molecule has 0 aromatic heterocycles. The Hall–Kier alpha value is 13.4. The molecule has 4 aliphatic heterocycles. The molecule has 4 fully saturated rings. The molecule has 0 spiro atoms. The number of aliphatic hydroxyl groups is 10. The molecule has 4 aliphatic rings. The summed E-state index contributed by atoms with van der Waals surface area (Å²) >= 11 is 17.3. The summed E-state index contributed by atoms with van der Waals surface area (Å²) in [6, 6.07) is -1.79. The Morgan fingerprint density at radius 3 is 1.34 bits per heavy atom. The molecule has 10 radical (unpaired) electrons. The molecule has 324 valence electrons. The number of nitrogens with zero attached hydrogens (tertiary/aromatic N) is 3. The molecule has 0 amide bonds. The maximum Gasteiger partial charge on any atom is 0.265 e. The van der Waals surface area contributed by atoms with Crippen molar-refractivity contribution in [2.75, 3.05) is 13.2 Å². The number of aliphatic hydroxyl groups excluding tert-OH is 10.